The normalized spacial score (nSPS) is 15.4. The van der Waals surface area contributed by atoms with E-state index in [-0.39, 0.29) is 17.3 Å². The number of halogens is 1. The molecule has 0 amide bonds. The summed E-state index contributed by atoms with van der Waals surface area (Å²) in [6.07, 6.45) is 1.93. The molecule has 7 nitrogen and oxygen atoms in total. The van der Waals surface area contributed by atoms with Gasteiger partial charge in [0.25, 0.3) is 0 Å². The monoisotopic (exact) mass is 444 g/mol. The van der Waals surface area contributed by atoms with Gasteiger partial charge in [-0.15, -0.1) is 0 Å². The second kappa shape index (κ2) is 11.6. The maximum absolute atomic E-state index is 13.9. The molecule has 1 saturated heterocycles. The van der Waals surface area contributed by atoms with Crippen molar-refractivity contribution in [3.05, 3.63) is 53.3 Å². The van der Waals surface area contributed by atoms with Crippen molar-refractivity contribution in [3.63, 3.8) is 0 Å². The smallest absolute Gasteiger partial charge is 0.191 e. The Hall–Kier alpha value is -3.00. The van der Waals surface area contributed by atoms with E-state index in [4.69, 9.17) is 9.47 Å². The quantitative estimate of drug-likeness (QED) is 0.429. The first-order chi connectivity index (χ1) is 15.5. The molecule has 8 heteroatoms. The van der Waals surface area contributed by atoms with E-state index in [2.05, 4.69) is 20.5 Å². The molecule has 0 bridgehead atoms. The van der Waals surface area contributed by atoms with Gasteiger partial charge in [0.05, 0.1) is 20.8 Å². The Balaban J connectivity index is 1.53. The number of nitrogens with one attached hydrogen (secondary N) is 2. The van der Waals surface area contributed by atoms with E-state index in [0.717, 1.165) is 50.5 Å². The number of phenols is 1. The summed E-state index contributed by atoms with van der Waals surface area (Å²) in [5.41, 5.74) is 1.66. The Morgan fingerprint density at radius 3 is 2.59 bits per heavy atom. The van der Waals surface area contributed by atoms with E-state index in [1.807, 2.05) is 13.0 Å². The number of phenolic OH excluding ortho intramolecular Hbond substituents is 1. The van der Waals surface area contributed by atoms with E-state index >= 15 is 0 Å². The molecule has 1 aliphatic heterocycles. The van der Waals surface area contributed by atoms with Gasteiger partial charge >= 0.3 is 0 Å². The van der Waals surface area contributed by atoms with Crippen LogP contribution >= 0.6 is 0 Å². The van der Waals surface area contributed by atoms with Gasteiger partial charge in [0, 0.05) is 37.8 Å². The van der Waals surface area contributed by atoms with Gasteiger partial charge < -0.3 is 25.2 Å². The molecule has 32 heavy (non-hydrogen) atoms. The van der Waals surface area contributed by atoms with Gasteiger partial charge in [-0.05, 0) is 55.7 Å². The van der Waals surface area contributed by atoms with E-state index in [1.54, 1.807) is 37.4 Å². The molecule has 2 aromatic carbocycles. The average molecular weight is 445 g/mol. The molecule has 0 aromatic heterocycles. The highest BCUT2D eigenvalue weighted by Gasteiger charge is 2.20. The summed E-state index contributed by atoms with van der Waals surface area (Å²) in [5, 5.41) is 16.9. The second-order valence-corrected chi connectivity index (χ2v) is 7.85. The fourth-order valence-electron chi connectivity index (χ4n) is 3.79. The number of piperidine rings is 1. The van der Waals surface area contributed by atoms with Crippen molar-refractivity contribution in [2.45, 2.75) is 38.9 Å². The lowest BCUT2D eigenvalue weighted by molar-refractivity contribution is 0.198. The summed E-state index contributed by atoms with van der Waals surface area (Å²) >= 11 is 0. The molecule has 0 unspecified atom stereocenters. The summed E-state index contributed by atoms with van der Waals surface area (Å²) in [6.45, 7) is 5.68. The fourth-order valence-corrected chi connectivity index (χ4v) is 3.79. The number of hydrogen-bond acceptors (Lipinski definition) is 5. The van der Waals surface area contributed by atoms with E-state index in [9.17, 15) is 9.50 Å². The fraction of sp³-hybridized carbons (Fsp3) is 0.458. The predicted octanol–water partition coefficient (Wildman–Crippen LogP) is 3.27. The number of aromatic hydroxyl groups is 1. The van der Waals surface area contributed by atoms with E-state index < -0.39 is 0 Å². The van der Waals surface area contributed by atoms with Crippen LogP contribution in [0.4, 0.5) is 4.39 Å². The van der Waals surface area contributed by atoms with Crippen LogP contribution in [0.2, 0.25) is 0 Å². The van der Waals surface area contributed by atoms with Crippen molar-refractivity contribution in [1.29, 1.82) is 0 Å². The molecular formula is C24H33FN4O3. The van der Waals surface area contributed by atoms with Gasteiger partial charge in [-0.3, -0.25) is 4.90 Å². The number of guanidine groups is 1. The van der Waals surface area contributed by atoms with Gasteiger partial charge in [0.1, 0.15) is 11.5 Å². The van der Waals surface area contributed by atoms with Crippen LogP contribution in [0.25, 0.3) is 0 Å². The van der Waals surface area contributed by atoms with Gasteiger partial charge in [0.15, 0.2) is 17.5 Å². The highest BCUT2D eigenvalue weighted by atomic mass is 19.1. The number of hydrogen-bond donors (Lipinski definition) is 3. The minimum Gasteiger partial charge on any atom is -0.508 e. The van der Waals surface area contributed by atoms with Gasteiger partial charge in [-0.25, -0.2) is 9.38 Å². The molecular weight excluding hydrogens is 411 g/mol. The van der Waals surface area contributed by atoms with Crippen molar-refractivity contribution in [2.75, 3.05) is 33.9 Å². The van der Waals surface area contributed by atoms with Crippen molar-refractivity contribution >= 4 is 5.96 Å². The third kappa shape index (κ3) is 6.50. The maximum Gasteiger partial charge on any atom is 0.191 e. The summed E-state index contributed by atoms with van der Waals surface area (Å²) in [4.78, 5) is 6.97. The first kappa shape index (κ1) is 23.7. The highest BCUT2D eigenvalue weighted by molar-refractivity contribution is 5.80. The minimum absolute atomic E-state index is 0.202. The van der Waals surface area contributed by atoms with Crippen LogP contribution in [-0.2, 0) is 13.1 Å². The molecule has 3 N–H and O–H groups in total. The topological polar surface area (TPSA) is 78.4 Å². The maximum atomic E-state index is 13.9. The molecule has 0 radical (unpaired) electrons. The van der Waals surface area contributed by atoms with E-state index in [1.165, 1.54) is 7.11 Å². The molecule has 3 rings (SSSR count). The van der Waals surface area contributed by atoms with Crippen LogP contribution in [-0.4, -0.2) is 55.9 Å². The molecule has 0 spiro atoms. The van der Waals surface area contributed by atoms with Gasteiger partial charge in [0.2, 0.25) is 0 Å². The number of rotatable bonds is 8. The first-order valence-electron chi connectivity index (χ1n) is 11.0. The predicted molar refractivity (Wildman–Crippen MR) is 124 cm³/mol. The van der Waals surface area contributed by atoms with Crippen LogP contribution in [0.1, 0.15) is 30.9 Å². The highest BCUT2D eigenvalue weighted by Crippen LogP contribution is 2.24. The molecule has 1 aliphatic rings. The average Bonchev–Trinajstić information content (AvgIpc) is 2.80. The summed E-state index contributed by atoms with van der Waals surface area (Å²) in [5.74, 6) is 1.57. The lowest BCUT2D eigenvalue weighted by Gasteiger charge is -2.33. The molecule has 2 aromatic rings. The van der Waals surface area contributed by atoms with Gasteiger partial charge in [-0.1, -0.05) is 6.07 Å². The van der Waals surface area contributed by atoms with Crippen molar-refractivity contribution < 1.29 is 19.0 Å². The van der Waals surface area contributed by atoms with Crippen LogP contribution in [0.15, 0.2) is 41.4 Å². The number of aliphatic imine (C=N–C) groups is 1. The van der Waals surface area contributed by atoms with Crippen LogP contribution in [0.5, 0.6) is 17.2 Å². The largest absolute Gasteiger partial charge is 0.508 e. The molecule has 0 atom stereocenters. The Morgan fingerprint density at radius 1 is 1.16 bits per heavy atom. The van der Waals surface area contributed by atoms with Crippen LogP contribution in [0.3, 0.4) is 0 Å². The number of ether oxygens (including phenoxy) is 2. The zero-order chi connectivity index (χ0) is 22.9. The van der Waals surface area contributed by atoms with E-state index in [0.29, 0.717) is 23.9 Å². The Bertz CT molecular complexity index is 914. The summed E-state index contributed by atoms with van der Waals surface area (Å²) in [7, 11) is 3.07. The minimum atomic E-state index is -0.324. The standard InChI is InChI=1S/C24H33FN4O3/c1-4-26-24(27-15-18-14-20(31-2)6-7-22(18)30)28-19-9-11-29(12-10-19)16-17-5-8-23(32-3)21(25)13-17/h5-8,13-14,19,30H,4,9-12,15-16H2,1-3H3,(H2,26,27,28). The third-order valence-corrected chi connectivity index (χ3v) is 5.59. The zero-order valence-electron chi connectivity index (χ0n) is 19.0. The molecule has 174 valence electrons. The lowest BCUT2D eigenvalue weighted by atomic mass is 10.0. The molecule has 0 saturated carbocycles. The summed E-state index contributed by atoms with van der Waals surface area (Å²) < 4.78 is 24.2. The lowest BCUT2D eigenvalue weighted by Crippen LogP contribution is -2.48. The Labute approximate surface area is 189 Å². The molecule has 0 aliphatic carbocycles. The number of likely N-dealkylation sites (tertiary alicyclic amines) is 1. The van der Waals surface area contributed by atoms with Crippen molar-refractivity contribution in [2.24, 2.45) is 4.99 Å². The first-order valence-corrected chi connectivity index (χ1v) is 11.0. The number of benzene rings is 2. The molecule has 1 heterocycles. The van der Waals surface area contributed by atoms with Crippen LogP contribution < -0.4 is 20.1 Å². The van der Waals surface area contributed by atoms with Crippen molar-refractivity contribution in [3.8, 4) is 17.2 Å². The molecule has 1 fully saturated rings. The van der Waals surface area contributed by atoms with Crippen molar-refractivity contribution in [1.82, 2.24) is 15.5 Å². The van der Waals surface area contributed by atoms with Gasteiger partial charge in [-0.2, -0.15) is 0 Å². The zero-order valence-corrected chi connectivity index (χ0v) is 19.0. The van der Waals surface area contributed by atoms with Crippen LogP contribution in [0, 0.1) is 5.82 Å². The third-order valence-electron chi connectivity index (χ3n) is 5.59. The second-order valence-electron chi connectivity index (χ2n) is 7.85. The SMILES string of the molecule is CCNC(=NCc1cc(OC)ccc1O)NC1CCN(Cc2ccc(OC)c(F)c2)CC1. The Morgan fingerprint density at radius 2 is 1.94 bits per heavy atom. The number of methoxy groups -OCH3 is 2. The summed E-state index contributed by atoms with van der Waals surface area (Å²) in [6, 6.07) is 10.6. The Kier molecular flexibility index (Phi) is 8.56. The number of nitrogens with zero attached hydrogens (tertiary/aromatic N) is 2.